The lowest BCUT2D eigenvalue weighted by Crippen LogP contribution is -2.63. The summed E-state index contributed by atoms with van der Waals surface area (Å²) in [7, 11) is 0. The monoisotopic (exact) mass is 1040 g/mol. The van der Waals surface area contributed by atoms with E-state index in [9.17, 15) is 0 Å². The maximum atomic E-state index is 7.25. The van der Waals surface area contributed by atoms with Gasteiger partial charge in [-0.2, -0.15) is 0 Å². The van der Waals surface area contributed by atoms with E-state index in [4.69, 9.17) is 4.74 Å². The Balaban J connectivity index is 0.984. The minimum absolute atomic E-state index is 0.0673. The Kier molecular flexibility index (Phi) is 10.9. The van der Waals surface area contributed by atoms with Gasteiger partial charge in [0.25, 0.3) is 6.71 Å². The first kappa shape index (κ1) is 46.2. The van der Waals surface area contributed by atoms with Crippen LogP contribution in [0, 0.1) is 0 Å². The van der Waals surface area contributed by atoms with Gasteiger partial charge in [0.2, 0.25) is 6.71 Å². The van der Waals surface area contributed by atoms with Gasteiger partial charge in [-0.05, 0) is 136 Å². The number of hydrogen-bond acceptors (Lipinski definition) is 6. The zero-order valence-corrected chi connectivity index (χ0v) is 44.3. The molecule has 0 aromatic heterocycles. The smallest absolute Gasteiger partial charge is 0.256 e. The zero-order valence-electron chi connectivity index (χ0n) is 43.5. The molecule has 0 spiro atoms. The molecule has 0 N–H and O–H groups in total. The van der Waals surface area contributed by atoms with Crippen LogP contribution in [0.1, 0.15) is 0 Å². The van der Waals surface area contributed by atoms with E-state index in [1.165, 1.54) is 43.0 Å². The quantitative estimate of drug-likeness (QED) is 0.133. The summed E-state index contributed by atoms with van der Waals surface area (Å²) in [6.45, 7) is -0.207. The number of hydrogen-bond donors (Lipinski definition) is 0. The molecule has 0 atom stereocenters. The third-order valence-corrected chi connectivity index (χ3v) is 17.4. The normalized spacial score (nSPS) is 12.9. The summed E-state index contributed by atoms with van der Waals surface area (Å²) in [4.78, 5) is 12.3. The number of para-hydroxylation sites is 8. The van der Waals surface area contributed by atoms with Crippen LogP contribution in [0.3, 0.4) is 0 Å². The van der Waals surface area contributed by atoms with Crippen LogP contribution in [0.5, 0.6) is 11.5 Å². The Morgan fingerprint density at radius 1 is 0.300 bits per heavy atom. The molecule has 5 nitrogen and oxygen atoms in total. The molecule has 0 saturated heterocycles. The van der Waals surface area contributed by atoms with Crippen LogP contribution < -0.4 is 57.1 Å². The van der Waals surface area contributed by atoms with Crippen LogP contribution in [0.4, 0.5) is 68.2 Å². The Labute approximate surface area is 471 Å². The van der Waals surface area contributed by atoms with E-state index in [1.54, 1.807) is 0 Å². The first-order chi connectivity index (χ1) is 39.7. The fourth-order valence-electron chi connectivity index (χ4n) is 13.0. The van der Waals surface area contributed by atoms with Gasteiger partial charge in [0.15, 0.2) is 0 Å². The van der Waals surface area contributed by atoms with Gasteiger partial charge in [-0.25, -0.2) is 0 Å². The van der Waals surface area contributed by atoms with E-state index in [0.717, 1.165) is 90.4 Å². The second kappa shape index (κ2) is 18.9. The lowest BCUT2D eigenvalue weighted by molar-refractivity contribution is 0.487. The second-order valence-electron chi connectivity index (χ2n) is 20.8. The van der Waals surface area contributed by atoms with E-state index < -0.39 is 0 Å². The second-order valence-corrected chi connectivity index (χ2v) is 21.9. The molecule has 0 aliphatic carbocycles. The number of nitrogens with zero attached hydrogens (tertiary/aromatic N) is 4. The number of anilines is 12. The fourth-order valence-corrected chi connectivity index (χ4v) is 14.2. The van der Waals surface area contributed by atoms with Crippen molar-refractivity contribution < 1.29 is 4.74 Å². The zero-order chi connectivity index (χ0) is 52.7. The summed E-state index contributed by atoms with van der Waals surface area (Å²) < 4.78 is 7.25. The van der Waals surface area contributed by atoms with E-state index in [0.29, 0.717) is 0 Å². The highest BCUT2D eigenvalue weighted by atomic mass is 32.2. The van der Waals surface area contributed by atoms with Crippen molar-refractivity contribution >= 4 is 126 Å². The van der Waals surface area contributed by atoms with Crippen molar-refractivity contribution in [1.82, 2.24) is 0 Å². The number of benzene rings is 12. The van der Waals surface area contributed by atoms with Crippen LogP contribution in [-0.2, 0) is 0 Å². The lowest BCUT2D eigenvalue weighted by Gasteiger charge is -2.44. The van der Waals surface area contributed by atoms with Gasteiger partial charge >= 0.3 is 0 Å². The van der Waals surface area contributed by atoms with Gasteiger partial charge in [-0.15, -0.1) is 0 Å². The van der Waals surface area contributed by atoms with Crippen molar-refractivity contribution in [3.05, 3.63) is 291 Å². The standard InChI is InChI=1S/C72H48B2N4OS/c1-7-25-49(26-8-1)57-37-19-22-40-62(57)78-64-48-69-61(47-60(64)74-59-39-21-24-42-67(59)79-68-45-55(43-65(78)71(68)74)75(50-27-9-2-10-28-50)51-29-11-3-12-30-51)73-58-38-20-23-41-63(58)77(54-35-17-6-18-36-54)66-44-56(46-70(80-69)72(66)73)76(52-31-13-4-14-32-52)53-33-15-5-16-34-53/h1-48H. The topological polar surface area (TPSA) is 22.2 Å². The molecular weight excluding hydrogens is 991 g/mol. The average molecular weight is 1040 g/mol. The molecule has 80 heavy (non-hydrogen) atoms. The van der Waals surface area contributed by atoms with E-state index in [1.807, 2.05) is 11.8 Å². The highest BCUT2D eigenvalue weighted by Crippen LogP contribution is 2.51. The minimum Gasteiger partial charge on any atom is -0.458 e. The van der Waals surface area contributed by atoms with Gasteiger partial charge in [-0.3, -0.25) is 0 Å². The molecule has 374 valence electrons. The van der Waals surface area contributed by atoms with Gasteiger partial charge in [0.05, 0.1) is 11.4 Å². The third-order valence-electron chi connectivity index (χ3n) is 16.3. The number of fused-ring (bicyclic) bond motifs is 8. The molecule has 0 bridgehead atoms. The molecule has 16 rings (SSSR count). The first-order valence-electron chi connectivity index (χ1n) is 27.4. The maximum absolute atomic E-state index is 7.25. The maximum Gasteiger partial charge on any atom is 0.256 e. The van der Waals surface area contributed by atoms with Crippen molar-refractivity contribution in [3.63, 3.8) is 0 Å². The Morgan fingerprint density at radius 2 is 0.787 bits per heavy atom. The molecule has 0 saturated carbocycles. The van der Waals surface area contributed by atoms with E-state index in [-0.39, 0.29) is 13.4 Å². The minimum atomic E-state index is -0.139. The Bertz CT molecular complexity index is 4270. The van der Waals surface area contributed by atoms with Crippen molar-refractivity contribution in [1.29, 1.82) is 0 Å². The molecule has 0 fully saturated rings. The SMILES string of the molecule is c1ccc(-c2ccccc2N2c3cc4c(cc3B3c5ccccc5Oc5cc(N(c6ccccc6)c6ccccc6)cc2c53)B2c3ccccc3N(c3ccccc3)c3cc(N(c5ccccc5)c5ccccc5)cc(c32)S4)cc1. The molecule has 0 radical (unpaired) electrons. The molecule has 12 aromatic carbocycles. The van der Waals surface area contributed by atoms with Crippen LogP contribution in [-0.4, -0.2) is 13.4 Å². The lowest BCUT2D eigenvalue weighted by atomic mass is 9.31. The van der Waals surface area contributed by atoms with Crippen LogP contribution >= 0.6 is 11.8 Å². The highest BCUT2D eigenvalue weighted by Gasteiger charge is 2.47. The molecule has 8 heteroatoms. The summed E-state index contributed by atoms with van der Waals surface area (Å²) >= 11 is 1.90. The Hall–Kier alpha value is -9.88. The predicted molar refractivity (Wildman–Crippen MR) is 337 cm³/mol. The van der Waals surface area contributed by atoms with Gasteiger partial charge in [0, 0.05) is 78.3 Å². The van der Waals surface area contributed by atoms with Crippen LogP contribution in [0.2, 0.25) is 0 Å². The summed E-state index contributed by atoms with van der Waals surface area (Å²) in [5.41, 5.74) is 23.0. The predicted octanol–water partition coefficient (Wildman–Crippen LogP) is 15.5. The van der Waals surface area contributed by atoms with Crippen LogP contribution in [0.25, 0.3) is 11.1 Å². The van der Waals surface area contributed by atoms with E-state index in [2.05, 4.69) is 311 Å². The molecule has 4 heterocycles. The van der Waals surface area contributed by atoms with Crippen molar-refractivity contribution in [3.8, 4) is 22.6 Å². The van der Waals surface area contributed by atoms with E-state index >= 15 is 0 Å². The fraction of sp³-hybridized carbons (Fsp3) is 0. The first-order valence-corrected chi connectivity index (χ1v) is 28.2. The summed E-state index contributed by atoms with van der Waals surface area (Å²) in [5, 5.41) is 0. The van der Waals surface area contributed by atoms with Gasteiger partial charge in [0.1, 0.15) is 11.5 Å². The summed E-state index contributed by atoms with van der Waals surface area (Å²) in [5.74, 6) is 1.72. The largest absolute Gasteiger partial charge is 0.458 e. The molecule has 0 unspecified atom stereocenters. The molecule has 0 amide bonds. The van der Waals surface area contributed by atoms with Crippen molar-refractivity contribution in [2.24, 2.45) is 0 Å². The molecule has 12 aromatic rings. The van der Waals surface area contributed by atoms with Crippen molar-refractivity contribution in [2.75, 3.05) is 19.6 Å². The average Bonchev–Trinajstić information content (AvgIpc) is 3.62. The summed E-state index contributed by atoms with van der Waals surface area (Å²) in [6, 6.07) is 106. The van der Waals surface area contributed by atoms with Crippen molar-refractivity contribution in [2.45, 2.75) is 9.79 Å². The molecule has 4 aliphatic heterocycles. The highest BCUT2D eigenvalue weighted by molar-refractivity contribution is 8.00. The Morgan fingerprint density at radius 3 is 1.41 bits per heavy atom. The summed E-state index contributed by atoms with van der Waals surface area (Å²) in [6.07, 6.45) is 0. The number of rotatable bonds is 9. The van der Waals surface area contributed by atoms with Gasteiger partial charge in [-0.1, -0.05) is 199 Å². The molecular formula is C72H48B2N4OS. The molecule has 4 aliphatic rings. The third kappa shape index (κ3) is 7.44. The number of ether oxygens (including phenoxy) is 1. The van der Waals surface area contributed by atoms with Gasteiger partial charge < -0.3 is 24.3 Å². The van der Waals surface area contributed by atoms with Crippen LogP contribution in [0.15, 0.2) is 301 Å².